The fourth-order valence-corrected chi connectivity index (χ4v) is 2.35. The molecule has 0 aliphatic carbocycles. The molecule has 0 N–H and O–H groups in total. The third kappa shape index (κ3) is 3.41. The van der Waals surface area contributed by atoms with E-state index in [-0.39, 0.29) is 5.78 Å². The summed E-state index contributed by atoms with van der Waals surface area (Å²) < 4.78 is 0. The van der Waals surface area contributed by atoms with Crippen molar-refractivity contribution >= 4 is 11.4 Å². The molecule has 2 aromatic rings. The van der Waals surface area contributed by atoms with Crippen LogP contribution in [0, 0.1) is 0 Å². The third-order valence-corrected chi connectivity index (χ3v) is 3.15. The molecule has 0 radical (unpaired) electrons. The van der Waals surface area contributed by atoms with Crippen LogP contribution in [0.15, 0.2) is 66.2 Å². The summed E-state index contributed by atoms with van der Waals surface area (Å²) in [4.78, 5) is 11.9. The molecule has 0 unspecified atom stereocenters. The summed E-state index contributed by atoms with van der Waals surface area (Å²) in [6.45, 7) is 3.67. The molecule has 0 saturated carbocycles. The second kappa shape index (κ2) is 6.14. The van der Waals surface area contributed by atoms with Gasteiger partial charge < -0.3 is 0 Å². The van der Waals surface area contributed by atoms with Crippen LogP contribution in [0.2, 0.25) is 0 Å². The Morgan fingerprint density at radius 3 is 1.89 bits per heavy atom. The fourth-order valence-electron chi connectivity index (χ4n) is 2.35. The van der Waals surface area contributed by atoms with Crippen molar-refractivity contribution < 1.29 is 4.79 Å². The highest BCUT2D eigenvalue weighted by Gasteiger charge is 2.11. The van der Waals surface area contributed by atoms with E-state index in [1.165, 1.54) is 5.56 Å². The molecule has 0 saturated heterocycles. The van der Waals surface area contributed by atoms with Crippen LogP contribution in [-0.4, -0.2) is 5.78 Å². The molecule has 0 aliphatic heterocycles. The molecule has 2 rings (SSSR count). The van der Waals surface area contributed by atoms with E-state index < -0.39 is 0 Å². The number of carbonyl (C=O) groups excluding carboxylic acids is 1. The number of carbonyl (C=O) groups is 1. The average Bonchev–Trinajstić information content (AvgIpc) is 2.40. The summed E-state index contributed by atoms with van der Waals surface area (Å²) in [5, 5.41) is 0. The van der Waals surface area contributed by atoms with Gasteiger partial charge in [-0.05, 0) is 31.4 Å². The van der Waals surface area contributed by atoms with E-state index in [0.717, 1.165) is 23.1 Å². The molecule has 0 heterocycles. The minimum atomic E-state index is 0.125. The smallest absolute Gasteiger partial charge is 0.160 e. The predicted octanol–water partition coefficient (Wildman–Crippen LogP) is 4.29. The van der Waals surface area contributed by atoms with Crippen molar-refractivity contribution in [3.8, 4) is 0 Å². The minimum absolute atomic E-state index is 0.125. The van der Waals surface area contributed by atoms with E-state index in [2.05, 4.69) is 12.1 Å². The Bertz CT molecular complexity index is 580. The summed E-state index contributed by atoms with van der Waals surface area (Å²) in [7, 11) is 0. The van der Waals surface area contributed by atoms with Crippen molar-refractivity contribution in [3.05, 3.63) is 77.4 Å². The fraction of sp³-hybridized carbons (Fsp3) is 0.167. The maximum atomic E-state index is 11.9. The van der Waals surface area contributed by atoms with E-state index in [4.69, 9.17) is 0 Å². The molecule has 1 heteroatoms. The van der Waals surface area contributed by atoms with Gasteiger partial charge in [0.05, 0.1) is 0 Å². The third-order valence-electron chi connectivity index (χ3n) is 3.15. The highest BCUT2D eigenvalue weighted by Crippen LogP contribution is 2.22. The van der Waals surface area contributed by atoms with Crippen LogP contribution in [0.25, 0.3) is 5.57 Å². The number of allylic oxidation sites excluding steroid dienone is 2. The van der Waals surface area contributed by atoms with E-state index >= 15 is 0 Å². The molecule has 2 aromatic carbocycles. The molecular weight excluding hydrogens is 232 g/mol. The topological polar surface area (TPSA) is 17.1 Å². The number of hydrogen-bond acceptors (Lipinski definition) is 1. The van der Waals surface area contributed by atoms with Crippen molar-refractivity contribution in [3.63, 3.8) is 0 Å². The molecule has 0 aliphatic rings. The molecule has 96 valence electrons. The van der Waals surface area contributed by atoms with Crippen molar-refractivity contribution in [2.24, 2.45) is 0 Å². The number of rotatable bonds is 4. The first-order valence-corrected chi connectivity index (χ1v) is 6.48. The van der Waals surface area contributed by atoms with Crippen LogP contribution in [0.3, 0.4) is 0 Å². The summed E-state index contributed by atoms with van der Waals surface area (Å²) >= 11 is 0. The van der Waals surface area contributed by atoms with Crippen LogP contribution in [0.5, 0.6) is 0 Å². The first-order valence-electron chi connectivity index (χ1n) is 6.48. The van der Waals surface area contributed by atoms with E-state index in [1.807, 2.05) is 55.5 Å². The minimum Gasteiger partial charge on any atom is -0.294 e. The second-order valence-corrected chi connectivity index (χ2v) is 4.74. The Kier molecular flexibility index (Phi) is 4.30. The van der Waals surface area contributed by atoms with Gasteiger partial charge >= 0.3 is 0 Å². The molecule has 19 heavy (non-hydrogen) atoms. The lowest BCUT2D eigenvalue weighted by Gasteiger charge is -2.10. The van der Waals surface area contributed by atoms with Gasteiger partial charge in [-0.1, -0.05) is 66.2 Å². The van der Waals surface area contributed by atoms with Crippen molar-refractivity contribution in [1.29, 1.82) is 0 Å². The Morgan fingerprint density at radius 2 is 1.37 bits per heavy atom. The maximum absolute atomic E-state index is 11.9. The first-order chi connectivity index (χ1) is 9.18. The number of hydrogen-bond donors (Lipinski definition) is 0. The highest BCUT2D eigenvalue weighted by molar-refractivity contribution is 6.20. The molecule has 0 fully saturated rings. The van der Waals surface area contributed by atoms with Crippen molar-refractivity contribution in [2.45, 2.75) is 20.3 Å². The second-order valence-electron chi connectivity index (χ2n) is 4.74. The van der Waals surface area contributed by atoms with Gasteiger partial charge in [-0.25, -0.2) is 0 Å². The summed E-state index contributed by atoms with van der Waals surface area (Å²) in [6.07, 6.45) is 0.810. The summed E-state index contributed by atoms with van der Waals surface area (Å²) in [5.74, 6) is 0.125. The van der Waals surface area contributed by atoms with E-state index in [9.17, 15) is 4.79 Å². The Morgan fingerprint density at radius 1 is 0.842 bits per heavy atom. The van der Waals surface area contributed by atoms with Crippen LogP contribution in [-0.2, 0) is 11.2 Å². The maximum Gasteiger partial charge on any atom is 0.160 e. The van der Waals surface area contributed by atoms with Crippen molar-refractivity contribution in [1.82, 2.24) is 0 Å². The Balaban J connectivity index is 2.37. The van der Waals surface area contributed by atoms with Gasteiger partial charge in [0.15, 0.2) is 5.78 Å². The summed E-state index contributed by atoms with van der Waals surface area (Å²) in [6, 6.07) is 20.1. The molecule has 0 atom stereocenters. The first kappa shape index (κ1) is 13.3. The molecule has 0 amide bonds. The number of Topliss-reactive ketones (excluding diaryl/α,β-unsaturated/α-hetero) is 1. The normalized spacial score (nSPS) is 11.9. The van der Waals surface area contributed by atoms with Crippen LogP contribution >= 0.6 is 0 Å². The SMILES string of the molecule is CC(=O)/C(=C(/C)Cc1ccccc1)c1ccccc1. The molecule has 1 nitrogen and oxygen atoms in total. The van der Waals surface area contributed by atoms with Gasteiger partial charge in [-0.15, -0.1) is 0 Å². The molecule has 0 spiro atoms. The lowest BCUT2D eigenvalue weighted by molar-refractivity contribution is -0.111. The van der Waals surface area contributed by atoms with E-state index in [1.54, 1.807) is 6.92 Å². The standard InChI is InChI=1S/C18H18O/c1-14(13-16-9-5-3-6-10-16)18(15(2)19)17-11-7-4-8-12-17/h3-12H,13H2,1-2H3/b18-14+. The quantitative estimate of drug-likeness (QED) is 0.740. The zero-order valence-electron chi connectivity index (χ0n) is 11.4. The van der Waals surface area contributed by atoms with Gasteiger partial charge in [-0.3, -0.25) is 4.79 Å². The van der Waals surface area contributed by atoms with Crippen LogP contribution in [0.4, 0.5) is 0 Å². The van der Waals surface area contributed by atoms with Gasteiger partial charge in [0, 0.05) is 5.57 Å². The Labute approximate surface area is 114 Å². The lowest BCUT2D eigenvalue weighted by Crippen LogP contribution is -2.01. The monoisotopic (exact) mass is 250 g/mol. The average molecular weight is 250 g/mol. The van der Waals surface area contributed by atoms with Crippen molar-refractivity contribution in [2.75, 3.05) is 0 Å². The lowest BCUT2D eigenvalue weighted by atomic mass is 9.94. The van der Waals surface area contributed by atoms with Gasteiger partial charge in [-0.2, -0.15) is 0 Å². The van der Waals surface area contributed by atoms with Crippen LogP contribution < -0.4 is 0 Å². The molecular formula is C18H18O. The molecule has 0 bridgehead atoms. The largest absolute Gasteiger partial charge is 0.294 e. The number of benzene rings is 2. The Hall–Kier alpha value is -2.15. The zero-order chi connectivity index (χ0) is 13.7. The zero-order valence-corrected chi connectivity index (χ0v) is 11.4. The van der Waals surface area contributed by atoms with Gasteiger partial charge in [0.25, 0.3) is 0 Å². The van der Waals surface area contributed by atoms with Gasteiger partial charge in [0.1, 0.15) is 0 Å². The molecule has 0 aromatic heterocycles. The van der Waals surface area contributed by atoms with E-state index in [0.29, 0.717) is 0 Å². The predicted molar refractivity (Wildman–Crippen MR) is 79.9 cm³/mol. The highest BCUT2D eigenvalue weighted by atomic mass is 16.1. The number of ketones is 1. The van der Waals surface area contributed by atoms with Gasteiger partial charge in [0.2, 0.25) is 0 Å². The van der Waals surface area contributed by atoms with Crippen LogP contribution in [0.1, 0.15) is 25.0 Å². The summed E-state index contributed by atoms with van der Waals surface area (Å²) in [5.41, 5.74) is 4.19.